The second kappa shape index (κ2) is 10.2. The number of ether oxygens (including phenoxy) is 1. The minimum Gasteiger partial charge on any atom is -0.461 e. The zero-order valence-corrected chi connectivity index (χ0v) is 14.2. The lowest BCUT2D eigenvalue weighted by molar-refractivity contribution is 0.0455. The number of esters is 1. The number of hydrogen-bond acceptors (Lipinski definition) is 4. The van der Waals surface area contributed by atoms with Gasteiger partial charge in [0, 0.05) is 18.3 Å². The lowest BCUT2D eigenvalue weighted by Gasteiger charge is -2.24. The molecule has 1 unspecified atom stereocenters. The number of likely N-dealkylation sites (N-methyl/N-ethyl adjacent to an activating group) is 1. The summed E-state index contributed by atoms with van der Waals surface area (Å²) >= 11 is 0. The summed E-state index contributed by atoms with van der Waals surface area (Å²) < 4.78 is 5.31. The minimum absolute atomic E-state index is 0.288. The molecule has 1 aromatic carbocycles. The molecular weight excluding hydrogens is 276 g/mol. The van der Waals surface area contributed by atoms with Crippen LogP contribution in [0.25, 0.3) is 0 Å². The van der Waals surface area contributed by atoms with Crippen LogP contribution in [0.1, 0.15) is 56.3 Å². The van der Waals surface area contributed by atoms with Gasteiger partial charge in [-0.05, 0) is 44.7 Å². The molecule has 1 rings (SSSR count). The molecule has 22 heavy (non-hydrogen) atoms. The summed E-state index contributed by atoms with van der Waals surface area (Å²) in [5.41, 5.74) is 6.79. The van der Waals surface area contributed by atoms with Gasteiger partial charge in [-0.15, -0.1) is 0 Å². The third kappa shape index (κ3) is 6.94. The van der Waals surface area contributed by atoms with Crippen molar-refractivity contribution in [1.82, 2.24) is 4.90 Å². The van der Waals surface area contributed by atoms with E-state index in [1.54, 1.807) is 24.3 Å². The van der Waals surface area contributed by atoms with E-state index in [1.165, 1.54) is 32.1 Å². The van der Waals surface area contributed by atoms with Gasteiger partial charge in [-0.25, -0.2) is 4.79 Å². The molecule has 0 aromatic heterocycles. The predicted octanol–water partition coefficient (Wildman–Crippen LogP) is 3.72. The van der Waals surface area contributed by atoms with Crippen LogP contribution in [-0.2, 0) is 4.74 Å². The van der Waals surface area contributed by atoms with Crippen molar-refractivity contribution >= 4 is 11.7 Å². The van der Waals surface area contributed by atoms with Crippen molar-refractivity contribution in [2.24, 2.45) is 0 Å². The number of nitrogens with two attached hydrogens (primary N) is 1. The molecule has 124 valence electrons. The van der Waals surface area contributed by atoms with Crippen LogP contribution in [0.4, 0.5) is 5.69 Å². The Balaban J connectivity index is 2.22. The first-order chi connectivity index (χ1) is 10.5. The Labute approximate surface area is 134 Å². The maximum absolute atomic E-state index is 11.9. The summed E-state index contributed by atoms with van der Waals surface area (Å²) in [5, 5.41) is 0. The molecule has 0 fully saturated rings. The van der Waals surface area contributed by atoms with E-state index in [0.717, 1.165) is 6.54 Å². The molecule has 1 aromatic rings. The van der Waals surface area contributed by atoms with E-state index in [1.807, 2.05) is 0 Å². The number of nitrogens with zero attached hydrogens (tertiary/aromatic N) is 1. The number of carbonyl (C=O) groups is 1. The lowest BCUT2D eigenvalue weighted by atomic mass is 10.1. The molecule has 1 atom stereocenters. The summed E-state index contributed by atoms with van der Waals surface area (Å²) in [4.78, 5) is 14.1. The van der Waals surface area contributed by atoms with Crippen LogP contribution in [-0.4, -0.2) is 37.1 Å². The van der Waals surface area contributed by atoms with Crippen molar-refractivity contribution in [2.45, 2.75) is 52.0 Å². The van der Waals surface area contributed by atoms with Gasteiger partial charge in [0.2, 0.25) is 0 Å². The van der Waals surface area contributed by atoms with E-state index < -0.39 is 0 Å². The normalized spacial score (nSPS) is 12.4. The largest absolute Gasteiger partial charge is 0.461 e. The monoisotopic (exact) mass is 306 g/mol. The van der Waals surface area contributed by atoms with Crippen LogP contribution in [0, 0.1) is 0 Å². The average Bonchev–Trinajstić information content (AvgIpc) is 2.51. The second-order valence-corrected chi connectivity index (χ2v) is 5.94. The van der Waals surface area contributed by atoms with Gasteiger partial charge < -0.3 is 15.4 Å². The lowest BCUT2D eigenvalue weighted by Crippen LogP contribution is -2.32. The number of unbranched alkanes of at least 4 members (excludes halogenated alkanes) is 3. The minimum atomic E-state index is -0.288. The van der Waals surface area contributed by atoms with Crippen molar-refractivity contribution in [3.63, 3.8) is 0 Å². The van der Waals surface area contributed by atoms with Crippen LogP contribution in [0.5, 0.6) is 0 Å². The molecule has 0 amide bonds. The first-order valence-corrected chi connectivity index (χ1v) is 8.27. The Bertz CT molecular complexity index is 431. The van der Waals surface area contributed by atoms with E-state index in [9.17, 15) is 4.79 Å². The summed E-state index contributed by atoms with van der Waals surface area (Å²) in [5.74, 6) is -0.288. The predicted molar refractivity (Wildman–Crippen MR) is 92.0 cm³/mol. The fraction of sp³-hybridized carbons (Fsp3) is 0.611. The van der Waals surface area contributed by atoms with Gasteiger partial charge in [-0.1, -0.05) is 32.6 Å². The molecule has 0 bridgehead atoms. The standard InChI is InChI=1S/C18H30N2O2/c1-4-5-6-7-8-15(2)20(3)13-14-22-18(21)16-9-11-17(19)12-10-16/h9-12,15H,4-8,13-14,19H2,1-3H3. The number of benzene rings is 1. The number of carbonyl (C=O) groups excluding carboxylic acids is 1. The molecule has 0 aliphatic rings. The van der Waals surface area contributed by atoms with Crippen LogP contribution in [0.2, 0.25) is 0 Å². The van der Waals surface area contributed by atoms with Crippen molar-refractivity contribution in [3.05, 3.63) is 29.8 Å². The first kappa shape index (κ1) is 18.5. The van der Waals surface area contributed by atoms with Crippen LogP contribution in [0.15, 0.2) is 24.3 Å². The Morgan fingerprint density at radius 1 is 1.23 bits per heavy atom. The summed E-state index contributed by atoms with van der Waals surface area (Å²) in [7, 11) is 2.08. The molecule has 0 aliphatic heterocycles. The van der Waals surface area contributed by atoms with Crippen LogP contribution in [0.3, 0.4) is 0 Å². The summed E-state index contributed by atoms with van der Waals surface area (Å²) in [6.45, 7) is 5.63. The van der Waals surface area contributed by atoms with E-state index in [2.05, 4.69) is 25.8 Å². The van der Waals surface area contributed by atoms with Gasteiger partial charge in [0.25, 0.3) is 0 Å². The van der Waals surface area contributed by atoms with Crippen molar-refractivity contribution < 1.29 is 9.53 Å². The van der Waals surface area contributed by atoms with Gasteiger partial charge in [0.15, 0.2) is 0 Å². The molecule has 0 saturated carbocycles. The quantitative estimate of drug-likeness (QED) is 0.407. The van der Waals surface area contributed by atoms with Crippen molar-refractivity contribution in [1.29, 1.82) is 0 Å². The zero-order chi connectivity index (χ0) is 16.4. The molecule has 0 spiro atoms. The molecular formula is C18H30N2O2. The van der Waals surface area contributed by atoms with Crippen molar-refractivity contribution in [2.75, 3.05) is 25.9 Å². The van der Waals surface area contributed by atoms with Crippen molar-refractivity contribution in [3.8, 4) is 0 Å². The third-order valence-corrected chi connectivity index (χ3v) is 4.05. The fourth-order valence-electron chi connectivity index (χ4n) is 2.29. The topological polar surface area (TPSA) is 55.6 Å². The van der Waals surface area contributed by atoms with Gasteiger partial charge in [-0.3, -0.25) is 0 Å². The SMILES string of the molecule is CCCCCCC(C)N(C)CCOC(=O)c1ccc(N)cc1. The van der Waals surface area contributed by atoms with E-state index in [-0.39, 0.29) is 5.97 Å². The highest BCUT2D eigenvalue weighted by Gasteiger charge is 2.11. The molecule has 2 N–H and O–H groups in total. The molecule has 4 heteroatoms. The number of rotatable bonds is 10. The smallest absolute Gasteiger partial charge is 0.338 e. The van der Waals surface area contributed by atoms with E-state index in [0.29, 0.717) is 23.9 Å². The zero-order valence-electron chi connectivity index (χ0n) is 14.2. The molecule has 4 nitrogen and oxygen atoms in total. The highest BCUT2D eigenvalue weighted by Crippen LogP contribution is 2.10. The summed E-state index contributed by atoms with van der Waals surface area (Å²) in [6, 6.07) is 7.32. The maximum atomic E-state index is 11.9. The van der Waals surface area contributed by atoms with E-state index in [4.69, 9.17) is 10.5 Å². The summed E-state index contributed by atoms with van der Waals surface area (Å²) in [6.07, 6.45) is 6.36. The molecule has 0 radical (unpaired) electrons. The van der Waals surface area contributed by atoms with Gasteiger partial charge in [-0.2, -0.15) is 0 Å². The Kier molecular flexibility index (Phi) is 8.60. The van der Waals surface area contributed by atoms with Gasteiger partial charge in [0.1, 0.15) is 6.61 Å². The Hall–Kier alpha value is -1.55. The highest BCUT2D eigenvalue weighted by molar-refractivity contribution is 5.89. The first-order valence-electron chi connectivity index (χ1n) is 8.27. The fourth-order valence-corrected chi connectivity index (χ4v) is 2.29. The highest BCUT2D eigenvalue weighted by atomic mass is 16.5. The Morgan fingerprint density at radius 3 is 2.55 bits per heavy atom. The maximum Gasteiger partial charge on any atom is 0.338 e. The van der Waals surface area contributed by atoms with E-state index >= 15 is 0 Å². The van der Waals surface area contributed by atoms with Gasteiger partial charge >= 0.3 is 5.97 Å². The number of hydrogen-bond donors (Lipinski definition) is 1. The molecule has 0 heterocycles. The molecule has 0 aliphatic carbocycles. The average molecular weight is 306 g/mol. The van der Waals surface area contributed by atoms with Crippen LogP contribution >= 0.6 is 0 Å². The number of anilines is 1. The number of nitrogen functional groups attached to an aromatic ring is 1. The molecule has 0 saturated heterocycles. The van der Waals surface area contributed by atoms with Gasteiger partial charge in [0.05, 0.1) is 5.56 Å². The van der Waals surface area contributed by atoms with Crippen LogP contribution < -0.4 is 5.73 Å². The third-order valence-electron chi connectivity index (χ3n) is 4.05. The second-order valence-electron chi connectivity index (χ2n) is 5.94. The Morgan fingerprint density at radius 2 is 1.91 bits per heavy atom.